The number of carbonyl (C=O) groups is 4. The summed E-state index contributed by atoms with van der Waals surface area (Å²) in [6, 6.07) is 18.5. The molecule has 4 N–H and O–H groups in total. The second-order valence-electron chi connectivity index (χ2n) is 11.4. The van der Waals surface area contributed by atoms with E-state index in [9.17, 15) is 19.2 Å². The molecule has 1 aliphatic carbocycles. The first-order chi connectivity index (χ1) is 19.4. The van der Waals surface area contributed by atoms with E-state index in [0.29, 0.717) is 24.1 Å². The van der Waals surface area contributed by atoms with E-state index >= 15 is 0 Å². The summed E-state index contributed by atoms with van der Waals surface area (Å²) in [4.78, 5) is 54.2. The Bertz CT molecular complexity index is 1430. The second-order valence-corrected chi connectivity index (χ2v) is 11.4. The van der Waals surface area contributed by atoms with E-state index in [1.54, 1.807) is 20.8 Å². The zero-order valence-electron chi connectivity index (χ0n) is 24.0. The number of alkyl carbamates (subject to hydrolysis) is 1. The maximum atomic E-state index is 14.1. The van der Waals surface area contributed by atoms with Crippen LogP contribution in [0.4, 0.5) is 10.5 Å². The number of hydrogen-bond acceptors (Lipinski definition) is 5. The van der Waals surface area contributed by atoms with E-state index in [2.05, 4.69) is 10.6 Å². The zero-order chi connectivity index (χ0) is 29.7. The lowest BCUT2D eigenvalue weighted by Gasteiger charge is -2.34. The topological polar surface area (TPSA) is 131 Å². The molecular formula is C32H38N4O5. The van der Waals surface area contributed by atoms with E-state index in [1.807, 2.05) is 73.7 Å². The molecule has 4 amide bonds. The number of benzene rings is 3. The van der Waals surface area contributed by atoms with Crippen molar-refractivity contribution in [3.63, 3.8) is 0 Å². The highest BCUT2D eigenvalue weighted by Crippen LogP contribution is 2.36. The molecule has 0 radical (unpaired) electrons. The number of fused-ring (bicyclic) bond motifs is 1. The lowest BCUT2D eigenvalue weighted by molar-refractivity contribution is -0.142. The Balaban J connectivity index is 1.70. The Labute approximate surface area is 240 Å². The van der Waals surface area contributed by atoms with Crippen molar-refractivity contribution >= 4 is 40.3 Å². The third-order valence-electron chi connectivity index (χ3n) is 6.84. The third-order valence-corrected chi connectivity index (χ3v) is 6.84. The van der Waals surface area contributed by atoms with Crippen molar-refractivity contribution in [2.45, 2.75) is 77.1 Å². The summed E-state index contributed by atoms with van der Waals surface area (Å²) in [5.41, 5.74) is 6.96. The molecule has 1 fully saturated rings. The van der Waals surface area contributed by atoms with Crippen LogP contribution in [0.25, 0.3) is 10.8 Å². The number of anilines is 1. The normalized spacial score (nSPS) is 14.5. The fraction of sp³-hybridized carbons (Fsp3) is 0.375. The molecule has 41 heavy (non-hydrogen) atoms. The molecule has 0 heterocycles. The fourth-order valence-corrected chi connectivity index (χ4v) is 4.75. The van der Waals surface area contributed by atoms with Crippen molar-refractivity contribution in [2.24, 2.45) is 5.73 Å². The van der Waals surface area contributed by atoms with Gasteiger partial charge in [0.05, 0.1) is 6.42 Å². The van der Waals surface area contributed by atoms with E-state index in [1.165, 1.54) is 4.90 Å². The molecule has 9 nitrogen and oxygen atoms in total. The number of aryl methyl sites for hydroxylation is 1. The summed E-state index contributed by atoms with van der Waals surface area (Å²) in [7, 11) is 0. The summed E-state index contributed by atoms with van der Waals surface area (Å²) in [6.07, 6.45) is 0.912. The maximum absolute atomic E-state index is 14.1. The molecule has 2 atom stereocenters. The van der Waals surface area contributed by atoms with E-state index in [-0.39, 0.29) is 6.04 Å². The van der Waals surface area contributed by atoms with Crippen LogP contribution in [0.3, 0.4) is 0 Å². The number of hydrogen-bond donors (Lipinski definition) is 3. The van der Waals surface area contributed by atoms with Gasteiger partial charge in [0.1, 0.15) is 17.7 Å². The van der Waals surface area contributed by atoms with Crippen LogP contribution in [0.2, 0.25) is 0 Å². The number of carbonyl (C=O) groups excluding carboxylic acids is 4. The maximum Gasteiger partial charge on any atom is 0.408 e. The molecule has 1 aliphatic rings. The van der Waals surface area contributed by atoms with Gasteiger partial charge in [0.15, 0.2) is 0 Å². The Morgan fingerprint density at radius 3 is 2.22 bits per heavy atom. The average Bonchev–Trinajstić information content (AvgIpc) is 3.75. The first-order valence-corrected chi connectivity index (χ1v) is 13.9. The molecule has 9 heteroatoms. The van der Waals surface area contributed by atoms with Gasteiger partial charge in [-0.2, -0.15) is 0 Å². The smallest absolute Gasteiger partial charge is 0.408 e. The van der Waals surface area contributed by atoms with Crippen molar-refractivity contribution < 1.29 is 23.9 Å². The zero-order valence-corrected chi connectivity index (χ0v) is 24.0. The highest BCUT2D eigenvalue weighted by molar-refractivity contribution is 6.01. The third kappa shape index (κ3) is 7.84. The summed E-state index contributed by atoms with van der Waals surface area (Å²) in [6.45, 7) is 7.12. The van der Waals surface area contributed by atoms with Gasteiger partial charge in [-0.15, -0.1) is 0 Å². The molecule has 3 aromatic carbocycles. The molecule has 3 aromatic rings. The van der Waals surface area contributed by atoms with Crippen molar-refractivity contribution in [3.8, 4) is 0 Å². The van der Waals surface area contributed by atoms with E-state index < -0.39 is 47.9 Å². The monoisotopic (exact) mass is 558 g/mol. The number of primary amides is 1. The summed E-state index contributed by atoms with van der Waals surface area (Å²) in [5, 5.41) is 7.51. The molecule has 2 unspecified atom stereocenters. The first kappa shape index (κ1) is 29.6. The van der Waals surface area contributed by atoms with Crippen molar-refractivity contribution in [2.75, 3.05) is 5.32 Å². The Morgan fingerprint density at radius 2 is 1.63 bits per heavy atom. The van der Waals surface area contributed by atoms with E-state index in [4.69, 9.17) is 10.5 Å². The van der Waals surface area contributed by atoms with Crippen LogP contribution < -0.4 is 16.4 Å². The highest BCUT2D eigenvalue weighted by Gasteiger charge is 2.44. The van der Waals surface area contributed by atoms with Gasteiger partial charge in [-0.1, -0.05) is 61.5 Å². The van der Waals surface area contributed by atoms with Gasteiger partial charge in [-0.3, -0.25) is 14.4 Å². The van der Waals surface area contributed by atoms with Gasteiger partial charge in [-0.25, -0.2) is 4.79 Å². The molecule has 0 bridgehead atoms. The van der Waals surface area contributed by atoms with Gasteiger partial charge in [0.25, 0.3) is 5.91 Å². The number of nitrogens with zero attached hydrogens (tertiary/aromatic N) is 1. The van der Waals surface area contributed by atoms with Crippen LogP contribution in [0.15, 0.2) is 66.7 Å². The quantitative estimate of drug-likeness (QED) is 0.328. The number of rotatable bonds is 10. The van der Waals surface area contributed by atoms with E-state index in [0.717, 1.165) is 22.8 Å². The minimum Gasteiger partial charge on any atom is -0.444 e. The largest absolute Gasteiger partial charge is 0.444 e. The van der Waals surface area contributed by atoms with Crippen LogP contribution in [-0.2, 0) is 25.5 Å². The van der Waals surface area contributed by atoms with Crippen molar-refractivity contribution in [1.82, 2.24) is 10.2 Å². The molecule has 1 saturated carbocycles. The van der Waals surface area contributed by atoms with Gasteiger partial charge < -0.3 is 26.0 Å². The predicted octanol–water partition coefficient (Wildman–Crippen LogP) is 4.84. The summed E-state index contributed by atoms with van der Waals surface area (Å²) in [5.74, 6) is -1.74. The van der Waals surface area contributed by atoms with Gasteiger partial charge in [-0.05, 0) is 74.1 Å². The summed E-state index contributed by atoms with van der Waals surface area (Å²) >= 11 is 0. The van der Waals surface area contributed by atoms with Crippen LogP contribution in [0.5, 0.6) is 0 Å². The average molecular weight is 559 g/mol. The molecular weight excluding hydrogens is 520 g/mol. The standard InChI is InChI=1S/C32H38N4O5/c1-5-20-10-12-22(13-11-20)28(29(38)34-24-15-14-21-8-6-7-9-23(21)18-24)36(25-16-17-25)30(39)26(19-27(33)37)35-31(40)41-32(2,3)4/h6-15,18,25-26,28H,5,16-17,19H2,1-4H3,(H2,33,37)(H,34,38)(H,35,40). The predicted molar refractivity (Wildman–Crippen MR) is 158 cm³/mol. The fourth-order valence-electron chi connectivity index (χ4n) is 4.75. The van der Waals surface area contributed by atoms with Crippen molar-refractivity contribution in [3.05, 3.63) is 77.9 Å². The molecule has 0 spiro atoms. The number of amides is 4. The second kappa shape index (κ2) is 12.4. The van der Waals surface area contributed by atoms with Crippen LogP contribution in [-0.4, -0.2) is 46.4 Å². The number of nitrogens with two attached hydrogens (primary N) is 1. The lowest BCUT2D eigenvalue weighted by atomic mass is 9.99. The minimum atomic E-state index is -1.30. The van der Waals surface area contributed by atoms with Crippen LogP contribution >= 0.6 is 0 Å². The summed E-state index contributed by atoms with van der Waals surface area (Å²) < 4.78 is 5.34. The SMILES string of the molecule is CCc1ccc(C(C(=O)Nc2ccc3ccccc3c2)N(C(=O)C(CC(N)=O)NC(=O)OC(C)(C)C)C2CC2)cc1. The molecule has 0 saturated heterocycles. The molecule has 0 aliphatic heterocycles. The minimum absolute atomic E-state index is 0.239. The number of ether oxygens (including phenoxy) is 1. The Morgan fingerprint density at radius 1 is 0.976 bits per heavy atom. The van der Waals surface area contributed by atoms with Crippen molar-refractivity contribution in [1.29, 1.82) is 0 Å². The van der Waals surface area contributed by atoms with Crippen LogP contribution in [0.1, 0.15) is 64.1 Å². The molecule has 0 aromatic heterocycles. The Hall–Kier alpha value is -4.40. The number of nitrogens with one attached hydrogen (secondary N) is 2. The van der Waals surface area contributed by atoms with Gasteiger partial charge in [0, 0.05) is 11.7 Å². The Kier molecular flexibility index (Phi) is 8.95. The van der Waals surface area contributed by atoms with Gasteiger partial charge in [0.2, 0.25) is 11.8 Å². The highest BCUT2D eigenvalue weighted by atomic mass is 16.6. The molecule has 4 rings (SSSR count). The first-order valence-electron chi connectivity index (χ1n) is 13.9. The molecule has 216 valence electrons. The van der Waals surface area contributed by atoms with Crippen LogP contribution in [0, 0.1) is 0 Å². The van der Waals surface area contributed by atoms with Gasteiger partial charge >= 0.3 is 6.09 Å². The lowest BCUT2D eigenvalue weighted by Crippen LogP contribution is -2.54.